The summed E-state index contributed by atoms with van der Waals surface area (Å²) in [6, 6.07) is 15.7. The largest absolute Gasteiger partial charge is 0.491 e. The molecule has 0 saturated carbocycles. The molecule has 5 nitrogen and oxygen atoms in total. The van der Waals surface area contributed by atoms with Gasteiger partial charge in [-0.2, -0.15) is 5.26 Å². The molecule has 1 amide bonds. The van der Waals surface area contributed by atoms with E-state index < -0.39 is 0 Å². The van der Waals surface area contributed by atoms with Crippen LogP contribution in [0.15, 0.2) is 48.5 Å². The van der Waals surface area contributed by atoms with Gasteiger partial charge < -0.3 is 10.1 Å². The third-order valence-electron chi connectivity index (χ3n) is 2.96. The molecule has 6 heteroatoms. The molecular weight excluding hydrogens is 322 g/mol. The molecule has 24 heavy (non-hydrogen) atoms. The van der Waals surface area contributed by atoms with E-state index in [0.717, 1.165) is 0 Å². The van der Waals surface area contributed by atoms with E-state index in [1.165, 1.54) is 0 Å². The zero-order valence-electron chi connectivity index (χ0n) is 13.4. The lowest BCUT2D eigenvalue weighted by Gasteiger charge is -2.11. The number of ether oxygens (including phenoxy) is 1. The van der Waals surface area contributed by atoms with E-state index >= 15 is 0 Å². The zero-order valence-corrected chi connectivity index (χ0v) is 14.2. The smallest absolute Gasteiger partial charge is 0.257 e. The number of nitrogens with one attached hydrogen (secondary N) is 2. The summed E-state index contributed by atoms with van der Waals surface area (Å²) < 4.78 is 5.53. The van der Waals surface area contributed by atoms with Crippen molar-refractivity contribution in [1.29, 1.82) is 5.26 Å². The Balaban J connectivity index is 1.96. The Kier molecular flexibility index (Phi) is 5.88. The standard InChI is InChI=1S/C18H17N3O2S/c1-12(2)23-16-8-6-14(7-9-16)17(22)21-18(24)20-15-5-3-4-13(10-15)11-19/h3-10,12H,1-2H3,(H2,20,21,22,24). The van der Waals surface area contributed by atoms with Crippen molar-refractivity contribution in [3.05, 3.63) is 59.7 Å². The van der Waals surface area contributed by atoms with Crippen LogP contribution in [0.3, 0.4) is 0 Å². The SMILES string of the molecule is CC(C)Oc1ccc(C(=O)NC(=S)Nc2cccc(C#N)c2)cc1. The highest BCUT2D eigenvalue weighted by Gasteiger charge is 2.09. The molecule has 0 aromatic heterocycles. The molecule has 0 aliphatic carbocycles. The van der Waals surface area contributed by atoms with E-state index in [4.69, 9.17) is 22.2 Å². The molecule has 0 aliphatic heterocycles. The lowest BCUT2D eigenvalue weighted by molar-refractivity contribution is 0.0977. The second-order valence-electron chi connectivity index (χ2n) is 5.29. The minimum atomic E-state index is -0.319. The first kappa shape index (κ1) is 17.4. The van der Waals surface area contributed by atoms with Gasteiger partial charge in [-0.05, 0) is 68.5 Å². The number of carbonyl (C=O) groups excluding carboxylic acids is 1. The number of carbonyl (C=O) groups is 1. The first-order valence-corrected chi connectivity index (χ1v) is 7.78. The summed E-state index contributed by atoms with van der Waals surface area (Å²) >= 11 is 5.12. The fourth-order valence-corrected chi connectivity index (χ4v) is 2.17. The fourth-order valence-electron chi connectivity index (χ4n) is 1.96. The maximum absolute atomic E-state index is 12.2. The zero-order chi connectivity index (χ0) is 17.5. The molecule has 2 N–H and O–H groups in total. The third kappa shape index (κ3) is 5.07. The molecule has 2 aromatic rings. The Labute approximate surface area is 146 Å². The van der Waals surface area contributed by atoms with Crippen molar-refractivity contribution in [2.24, 2.45) is 0 Å². The molecule has 0 fully saturated rings. The molecule has 2 aromatic carbocycles. The van der Waals surface area contributed by atoms with Crippen LogP contribution in [0.4, 0.5) is 5.69 Å². The first-order valence-electron chi connectivity index (χ1n) is 7.37. The predicted molar refractivity (Wildman–Crippen MR) is 97.0 cm³/mol. The number of amides is 1. The van der Waals surface area contributed by atoms with Crippen molar-refractivity contribution in [2.45, 2.75) is 20.0 Å². The summed E-state index contributed by atoms with van der Waals surface area (Å²) in [5.74, 6) is 0.385. The van der Waals surface area contributed by atoms with Gasteiger partial charge in [-0.25, -0.2) is 0 Å². The molecular formula is C18H17N3O2S. The van der Waals surface area contributed by atoms with Crippen molar-refractivity contribution >= 4 is 28.9 Å². The summed E-state index contributed by atoms with van der Waals surface area (Å²) in [7, 11) is 0. The van der Waals surface area contributed by atoms with Crippen LogP contribution in [0.5, 0.6) is 5.75 Å². The molecule has 0 saturated heterocycles. The third-order valence-corrected chi connectivity index (χ3v) is 3.17. The minimum Gasteiger partial charge on any atom is -0.491 e. The van der Waals surface area contributed by atoms with Gasteiger partial charge in [0.05, 0.1) is 17.7 Å². The molecule has 0 radical (unpaired) electrons. The van der Waals surface area contributed by atoms with Gasteiger partial charge in [-0.1, -0.05) is 6.07 Å². The lowest BCUT2D eigenvalue weighted by atomic mass is 10.2. The molecule has 0 atom stereocenters. The number of nitriles is 1. The minimum absolute atomic E-state index is 0.0747. The van der Waals surface area contributed by atoms with Crippen molar-refractivity contribution in [2.75, 3.05) is 5.32 Å². The summed E-state index contributed by atoms with van der Waals surface area (Å²) in [6.45, 7) is 3.87. The van der Waals surface area contributed by atoms with E-state index in [0.29, 0.717) is 22.6 Å². The number of hydrogen-bond donors (Lipinski definition) is 2. The number of thiocarbonyl (C=S) groups is 1. The number of nitrogens with zero attached hydrogens (tertiary/aromatic N) is 1. The topological polar surface area (TPSA) is 74.2 Å². The normalized spacial score (nSPS) is 9.92. The highest BCUT2D eigenvalue weighted by Crippen LogP contribution is 2.14. The number of hydrogen-bond acceptors (Lipinski definition) is 4. The van der Waals surface area contributed by atoms with Gasteiger partial charge >= 0.3 is 0 Å². The van der Waals surface area contributed by atoms with Gasteiger partial charge in [0.15, 0.2) is 5.11 Å². The quantitative estimate of drug-likeness (QED) is 0.834. The van der Waals surface area contributed by atoms with Gasteiger partial charge in [0.25, 0.3) is 5.91 Å². The Morgan fingerprint density at radius 2 is 1.92 bits per heavy atom. The Hall–Kier alpha value is -2.91. The van der Waals surface area contributed by atoms with Crippen LogP contribution in [0.2, 0.25) is 0 Å². The summed E-state index contributed by atoms with van der Waals surface area (Å²) in [5.41, 5.74) is 1.62. The maximum Gasteiger partial charge on any atom is 0.257 e. The van der Waals surface area contributed by atoms with Crippen LogP contribution in [0.25, 0.3) is 0 Å². The van der Waals surface area contributed by atoms with Crippen LogP contribution in [0.1, 0.15) is 29.8 Å². The monoisotopic (exact) mass is 339 g/mol. The molecule has 122 valence electrons. The Morgan fingerprint density at radius 1 is 1.21 bits per heavy atom. The Bertz CT molecular complexity index is 780. The summed E-state index contributed by atoms with van der Waals surface area (Å²) in [4.78, 5) is 12.2. The van der Waals surface area contributed by atoms with Gasteiger partial charge in [-0.3, -0.25) is 10.1 Å². The second-order valence-corrected chi connectivity index (χ2v) is 5.70. The van der Waals surface area contributed by atoms with Gasteiger partial charge in [0.1, 0.15) is 5.75 Å². The van der Waals surface area contributed by atoms with Crippen molar-refractivity contribution in [3.63, 3.8) is 0 Å². The first-order chi connectivity index (χ1) is 11.5. The average molecular weight is 339 g/mol. The molecule has 0 heterocycles. The maximum atomic E-state index is 12.2. The fraction of sp³-hybridized carbons (Fsp3) is 0.167. The number of anilines is 1. The van der Waals surface area contributed by atoms with Gasteiger partial charge in [-0.15, -0.1) is 0 Å². The van der Waals surface area contributed by atoms with Crippen LogP contribution in [0, 0.1) is 11.3 Å². The molecule has 0 unspecified atom stereocenters. The van der Waals surface area contributed by atoms with Crippen LogP contribution < -0.4 is 15.4 Å². The average Bonchev–Trinajstić information content (AvgIpc) is 2.55. The van der Waals surface area contributed by atoms with Crippen LogP contribution >= 0.6 is 12.2 Å². The molecule has 0 spiro atoms. The lowest BCUT2D eigenvalue weighted by Crippen LogP contribution is -2.34. The highest BCUT2D eigenvalue weighted by atomic mass is 32.1. The van der Waals surface area contributed by atoms with E-state index in [-0.39, 0.29) is 17.1 Å². The van der Waals surface area contributed by atoms with Crippen molar-refractivity contribution in [3.8, 4) is 11.8 Å². The molecule has 0 bridgehead atoms. The van der Waals surface area contributed by atoms with E-state index in [2.05, 4.69) is 10.6 Å². The van der Waals surface area contributed by atoms with E-state index in [1.807, 2.05) is 19.9 Å². The summed E-state index contributed by atoms with van der Waals surface area (Å²) in [5, 5.41) is 14.5. The van der Waals surface area contributed by atoms with Crippen molar-refractivity contribution < 1.29 is 9.53 Å². The molecule has 0 aliphatic rings. The van der Waals surface area contributed by atoms with Crippen molar-refractivity contribution in [1.82, 2.24) is 5.32 Å². The second kappa shape index (κ2) is 8.09. The van der Waals surface area contributed by atoms with Gasteiger partial charge in [0.2, 0.25) is 0 Å². The van der Waals surface area contributed by atoms with Crippen LogP contribution in [-0.2, 0) is 0 Å². The van der Waals surface area contributed by atoms with E-state index in [1.54, 1.807) is 48.5 Å². The number of rotatable bonds is 4. The van der Waals surface area contributed by atoms with E-state index in [9.17, 15) is 4.79 Å². The van der Waals surface area contributed by atoms with Gasteiger partial charge in [0, 0.05) is 11.3 Å². The highest BCUT2D eigenvalue weighted by molar-refractivity contribution is 7.80. The Morgan fingerprint density at radius 3 is 2.54 bits per heavy atom. The molecule has 2 rings (SSSR count). The summed E-state index contributed by atoms with van der Waals surface area (Å²) in [6.07, 6.45) is 0.0747. The predicted octanol–water partition coefficient (Wildman–Crippen LogP) is 3.47. The number of benzene rings is 2. The van der Waals surface area contributed by atoms with Crippen LogP contribution in [-0.4, -0.2) is 17.1 Å².